The molecule has 5 N–H and O–H groups in total. The number of rotatable bonds is 11. The molecule has 0 spiro atoms. The van der Waals surface area contributed by atoms with Crippen LogP contribution in [-0.2, 0) is 15.8 Å². The summed E-state index contributed by atoms with van der Waals surface area (Å²) >= 11 is 0. The van der Waals surface area contributed by atoms with E-state index in [1.54, 1.807) is 0 Å². The van der Waals surface area contributed by atoms with Crippen molar-refractivity contribution >= 4 is 40.5 Å². The van der Waals surface area contributed by atoms with Crippen molar-refractivity contribution < 1.29 is 18.9 Å². The Morgan fingerprint density at radius 3 is 2.58 bits per heavy atom. The van der Waals surface area contributed by atoms with Crippen LogP contribution in [0.3, 0.4) is 0 Å². The molecule has 1 atom stereocenters. The number of aliphatic hydroxyl groups excluding tert-OH is 1. The Balaban J connectivity index is 1.46. The number of aliphatic imine (C=N–C) groups is 1. The average molecular weight is 609 g/mol. The first-order valence-corrected chi connectivity index (χ1v) is 16.0. The Morgan fingerprint density at radius 1 is 1.14 bits per heavy atom. The predicted molar refractivity (Wildman–Crippen MR) is 172 cm³/mol. The lowest BCUT2D eigenvalue weighted by Gasteiger charge is -2.36. The lowest BCUT2D eigenvalue weighted by Crippen LogP contribution is -2.48. The number of hydrogen-bond donors (Lipinski definition) is 4. The molecule has 1 fully saturated rings. The summed E-state index contributed by atoms with van der Waals surface area (Å²) in [6.45, 7) is 10.7. The maximum Gasteiger partial charge on any atom is 0.315 e. The Bertz CT molecular complexity index is 1410. The van der Waals surface area contributed by atoms with Crippen LogP contribution in [-0.4, -0.2) is 81.2 Å². The fraction of sp³-hybridized carbons (Fsp3) is 0.469. The van der Waals surface area contributed by atoms with Crippen LogP contribution in [0.2, 0.25) is 0 Å². The highest BCUT2D eigenvalue weighted by Gasteiger charge is 2.31. The number of carbonyl (C=O) groups excluding carboxylic acids is 2. The van der Waals surface area contributed by atoms with Gasteiger partial charge in [0.1, 0.15) is 16.8 Å². The molecule has 0 saturated carbocycles. The molecule has 10 nitrogen and oxygen atoms in total. The molecule has 11 heteroatoms. The SMILES string of the molecule is CCCN(CCCNC(=O)NC(C)(C)C)C(=O)C1=Cc2ccc(-c3cccc(S(=O)N4CC(CO)C4)c3)cc2N=C(N)C1. The minimum absolute atomic E-state index is 0.0827. The Kier molecular flexibility index (Phi) is 10.8. The zero-order chi connectivity index (χ0) is 31.1. The molecule has 1 unspecified atom stereocenters. The van der Waals surface area contributed by atoms with Gasteiger partial charge in [0, 0.05) is 68.3 Å². The zero-order valence-electron chi connectivity index (χ0n) is 25.6. The van der Waals surface area contributed by atoms with Crippen molar-refractivity contribution in [2.45, 2.75) is 57.4 Å². The van der Waals surface area contributed by atoms with Gasteiger partial charge in [-0.2, -0.15) is 0 Å². The molecule has 0 radical (unpaired) electrons. The summed E-state index contributed by atoms with van der Waals surface area (Å²) in [5.41, 5.74) is 9.86. The largest absolute Gasteiger partial charge is 0.396 e. The molecule has 2 heterocycles. The highest BCUT2D eigenvalue weighted by molar-refractivity contribution is 7.82. The van der Waals surface area contributed by atoms with Crippen LogP contribution in [0.25, 0.3) is 17.2 Å². The predicted octanol–water partition coefficient (Wildman–Crippen LogP) is 3.80. The summed E-state index contributed by atoms with van der Waals surface area (Å²) in [6.07, 6.45) is 3.55. The number of nitrogens with zero attached hydrogens (tertiary/aromatic N) is 3. The summed E-state index contributed by atoms with van der Waals surface area (Å²) in [5, 5.41) is 15.0. The van der Waals surface area contributed by atoms with Gasteiger partial charge in [0.2, 0.25) is 5.91 Å². The molecule has 2 aromatic carbocycles. The lowest BCUT2D eigenvalue weighted by atomic mass is 10.0. The van der Waals surface area contributed by atoms with Crippen molar-refractivity contribution in [1.29, 1.82) is 0 Å². The van der Waals surface area contributed by atoms with E-state index in [1.807, 2.05) is 85.4 Å². The zero-order valence-corrected chi connectivity index (χ0v) is 26.4. The lowest BCUT2D eigenvalue weighted by molar-refractivity contribution is -0.127. The van der Waals surface area contributed by atoms with Gasteiger partial charge >= 0.3 is 6.03 Å². The fourth-order valence-corrected chi connectivity index (χ4v) is 6.47. The maximum absolute atomic E-state index is 13.6. The van der Waals surface area contributed by atoms with Gasteiger partial charge in [0.25, 0.3) is 0 Å². The van der Waals surface area contributed by atoms with E-state index in [0.717, 1.165) is 23.1 Å². The van der Waals surface area contributed by atoms with Gasteiger partial charge in [-0.05, 0) is 69.0 Å². The summed E-state index contributed by atoms with van der Waals surface area (Å²) in [7, 11) is -1.29. The van der Waals surface area contributed by atoms with Crippen LogP contribution in [0, 0.1) is 5.92 Å². The second-order valence-electron chi connectivity index (χ2n) is 12.2. The van der Waals surface area contributed by atoms with Crippen molar-refractivity contribution in [1.82, 2.24) is 19.8 Å². The molecular formula is C32H44N6O4S. The Hall–Kier alpha value is -3.54. The van der Waals surface area contributed by atoms with Crippen molar-refractivity contribution in [3.05, 3.63) is 53.6 Å². The summed E-state index contributed by atoms with van der Waals surface area (Å²) < 4.78 is 14.9. The number of aliphatic hydroxyl groups is 1. The topological polar surface area (TPSA) is 140 Å². The molecule has 2 aliphatic rings. The normalized spacial score (nSPS) is 16.2. The first-order chi connectivity index (χ1) is 20.5. The molecule has 2 aromatic rings. The number of fused-ring (bicyclic) bond motifs is 1. The van der Waals surface area contributed by atoms with Crippen LogP contribution < -0.4 is 16.4 Å². The number of amides is 3. The first kappa shape index (κ1) is 32.4. The second kappa shape index (κ2) is 14.3. The number of nitrogens with two attached hydrogens (primary N) is 1. The summed E-state index contributed by atoms with van der Waals surface area (Å²) in [6, 6.07) is 13.3. The molecular weight excluding hydrogens is 564 g/mol. The first-order valence-electron chi connectivity index (χ1n) is 14.9. The number of urea groups is 1. The van der Waals surface area contributed by atoms with E-state index in [0.29, 0.717) is 61.1 Å². The number of hydrogen-bond acceptors (Lipinski definition) is 6. The molecule has 0 aromatic heterocycles. The summed E-state index contributed by atoms with van der Waals surface area (Å²) in [5.74, 6) is 0.460. The van der Waals surface area contributed by atoms with E-state index in [4.69, 9.17) is 5.73 Å². The quantitative estimate of drug-likeness (QED) is 0.287. The van der Waals surface area contributed by atoms with Gasteiger partial charge in [0.15, 0.2) is 0 Å². The maximum atomic E-state index is 13.6. The van der Waals surface area contributed by atoms with Gasteiger partial charge in [-0.3, -0.25) is 4.79 Å². The smallest absolute Gasteiger partial charge is 0.315 e. The number of carbonyl (C=O) groups is 2. The Labute approximate surface area is 257 Å². The standard InChI is InChI=1S/C32H44N6O4S/c1-5-13-37(14-7-12-34-31(41)36-32(2,3)4)30(40)26-15-25-11-10-24(17-28(25)35-29(33)18-26)23-8-6-9-27(16-23)43(42)38-19-22(20-38)21-39/h6,8-11,15-17,22,39H,5,7,12-14,18-21H2,1-4H3,(H2,33,35)(H2,34,36,41). The van der Waals surface area contributed by atoms with Crippen molar-refractivity contribution in [3.8, 4) is 11.1 Å². The third-order valence-corrected chi connectivity index (χ3v) is 8.64. The van der Waals surface area contributed by atoms with Gasteiger partial charge in [-0.25, -0.2) is 18.3 Å². The van der Waals surface area contributed by atoms with Crippen molar-refractivity contribution in [3.63, 3.8) is 0 Å². The van der Waals surface area contributed by atoms with E-state index in [2.05, 4.69) is 15.6 Å². The van der Waals surface area contributed by atoms with Crippen molar-refractivity contribution in [2.75, 3.05) is 39.3 Å². The van der Waals surface area contributed by atoms with E-state index >= 15 is 0 Å². The van der Waals surface area contributed by atoms with Crippen LogP contribution in [0.15, 0.2) is 57.9 Å². The van der Waals surface area contributed by atoms with Crippen molar-refractivity contribution in [2.24, 2.45) is 16.6 Å². The van der Waals surface area contributed by atoms with Gasteiger partial charge < -0.3 is 26.4 Å². The van der Waals surface area contributed by atoms with E-state index in [-0.39, 0.29) is 36.4 Å². The van der Waals surface area contributed by atoms with Crippen LogP contribution in [0.4, 0.5) is 10.5 Å². The summed E-state index contributed by atoms with van der Waals surface area (Å²) in [4.78, 5) is 32.9. The van der Waals surface area contributed by atoms with Gasteiger partial charge in [-0.15, -0.1) is 0 Å². The van der Waals surface area contributed by atoms with E-state index in [1.165, 1.54) is 0 Å². The third-order valence-electron chi connectivity index (χ3n) is 7.22. The highest BCUT2D eigenvalue weighted by atomic mass is 32.2. The minimum atomic E-state index is -1.29. The fourth-order valence-electron chi connectivity index (χ4n) is 5.06. The molecule has 0 aliphatic carbocycles. The molecule has 4 rings (SSSR count). The Morgan fingerprint density at radius 2 is 1.88 bits per heavy atom. The number of amidine groups is 1. The average Bonchev–Trinajstić information content (AvgIpc) is 3.10. The minimum Gasteiger partial charge on any atom is -0.396 e. The monoisotopic (exact) mass is 608 g/mol. The molecule has 2 aliphatic heterocycles. The number of nitrogens with one attached hydrogen (secondary N) is 2. The molecule has 3 amide bonds. The number of benzene rings is 2. The van der Waals surface area contributed by atoms with Crippen LogP contribution in [0.1, 0.15) is 52.5 Å². The van der Waals surface area contributed by atoms with E-state index < -0.39 is 11.0 Å². The second-order valence-corrected chi connectivity index (χ2v) is 13.7. The van der Waals surface area contributed by atoms with Crippen LogP contribution in [0.5, 0.6) is 0 Å². The van der Waals surface area contributed by atoms with Gasteiger partial charge in [0.05, 0.1) is 10.6 Å². The molecule has 0 bridgehead atoms. The van der Waals surface area contributed by atoms with E-state index in [9.17, 15) is 18.9 Å². The molecule has 1 saturated heterocycles. The molecule has 232 valence electrons. The highest BCUT2D eigenvalue weighted by Crippen LogP contribution is 2.33. The van der Waals surface area contributed by atoms with Crippen LogP contribution >= 0.6 is 0 Å². The molecule has 43 heavy (non-hydrogen) atoms. The van der Waals surface area contributed by atoms with Gasteiger partial charge in [-0.1, -0.05) is 31.2 Å². The third kappa shape index (κ3) is 8.75.